The molecule has 0 aromatic heterocycles. The van der Waals surface area contributed by atoms with E-state index in [9.17, 15) is 4.79 Å². The second-order valence-corrected chi connectivity index (χ2v) is 5.50. The van der Waals surface area contributed by atoms with E-state index in [1.54, 1.807) is 4.90 Å². The molecule has 118 valence electrons. The monoisotopic (exact) mass is 291 g/mol. The molecular formula is C17H29N3O. The summed E-state index contributed by atoms with van der Waals surface area (Å²) in [5, 5.41) is 0. The van der Waals surface area contributed by atoms with Crippen LogP contribution in [-0.4, -0.2) is 48.9 Å². The van der Waals surface area contributed by atoms with Gasteiger partial charge in [0.15, 0.2) is 0 Å². The van der Waals surface area contributed by atoms with Crippen LogP contribution < -0.4 is 5.73 Å². The summed E-state index contributed by atoms with van der Waals surface area (Å²) < 4.78 is 0. The average Bonchev–Trinajstić information content (AvgIpc) is 2.50. The van der Waals surface area contributed by atoms with Gasteiger partial charge in [0.25, 0.3) is 0 Å². The van der Waals surface area contributed by atoms with Gasteiger partial charge in [0, 0.05) is 33.1 Å². The highest BCUT2D eigenvalue weighted by Crippen LogP contribution is 2.10. The van der Waals surface area contributed by atoms with E-state index in [2.05, 4.69) is 43.0 Å². The van der Waals surface area contributed by atoms with E-state index in [1.165, 1.54) is 11.1 Å². The van der Waals surface area contributed by atoms with Crippen molar-refractivity contribution in [2.75, 3.05) is 33.2 Å². The molecule has 2 N–H and O–H groups in total. The van der Waals surface area contributed by atoms with Gasteiger partial charge >= 0.3 is 0 Å². The van der Waals surface area contributed by atoms with Crippen LogP contribution in [0.4, 0.5) is 0 Å². The fourth-order valence-electron chi connectivity index (χ4n) is 2.28. The summed E-state index contributed by atoms with van der Waals surface area (Å²) in [5.74, 6) is 0.201. The Hall–Kier alpha value is -1.39. The molecule has 0 aliphatic carbocycles. The van der Waals surface area contributed by atoms with Gasteiger partial charge in [-0.25, -0.2) is 0 Å². The van der Waals surface area contributed by atoms with Crippen molar-refractivity contribution in [1.82, 2.24) is 9.80 Å². The minimum Gasteiger partial charge on any atom is -0.346 e. The van der Waals surface area contributed by atoms with E-state index in [1.807, 2.05) is 7.05 Å². The van der Waals surface area contributed by atoms with Crippen LogP contribution in [-0.2, 0) is 11.3 Å². The molecule has 0 atom stereocenters. The van der Waals surface area contributed by atoms with E-state index in [-0.39, 0.29) is 5.91 Å². The highest BCUT2D eigenvalue weighted by atomic mass is 16.2. The molecule has 0 unspecified atom stereocenters. The van der Waals surface area contributed by atoms with Crippen molar-refractivity contribution >= 4 is 5.91 Å². The third-order valence-electron chi connectivity index (χ3n) is 3.87. The summed E-state index contributed by atoms with van der Waals surface area (Å²) in [7, 11) is 1.86. The molecule has 1 amide bonds. The lowest BCUT2D eigenvalue weighted by atomic mass is 10.1. The fraction of sp³-hybridized carbons (Fsp3) is 0.588. The van der Waals surface area contributed by atoms with Crippen LogP contribution in [0.15, 0.2) is 24.3 Å². The van der Waals surface area contributed by atoms with Crippen LogP contribution in [0.5, 0.6) is 0 Å². The molecule has 0 aliphatic heterocycles. The first-order chi connectivity index (χ1) is 10.1. The predicted octanol–water partition coefficient (Wildman–Crippen LogP) is 2.01. The molecule has 0 fully saturated rings. The van der Waals surface area contributed by atoms with E-state index < -0.39 is 0 Å². The molecule has 4 heteroatoms. The Kier molecular flexibility index (Phi) is 8.01. The topological polar surface area (TPSA) is 49.6 Å². The first-order valence-corrected chi connectivity index (χ1v) is 7.79. The summed E-state index contributed by atoms with van der Waals surface area (Å²) in [6, 6.07) is 8.43. The van der Waals surface area contributed by atoms with Crippen LogP contribution >= 0.6 is 0 Å². The molecule has 0 saturated heterocycles. The number of carbonyl (C=O) groups is 1. The molecule has 0 spiro atoms. The van der Waals surface area contributed by atoms with E-state index in [4.69, 9.17) is 5.73 Å². The Morgan fingerprint density at radius 3 is 2.57 bits per heavy atom. The summed E-state index contributed by atoms with van der Waals surface area (Å²) in [6.07, 6.45) is 1.43. The van der Waals surface area contributed by atoms with Gasteiger partial charge in [-0.3, -0.25) is 9.69 Å². The Balaban J connectivity index is 2.44. The van der Waals surface area contributed by atoms with Gasteiger partial charge in [-0.15, -0.1) is 0 Å². The standard InChI is InChI=1S/C17H29N3O/c1-4-20(14-16-9-6-5-8-15(16)2)13-10-17(21)19(3)12-7-11-18/h5-6,8-9H,4,7,10-14,18H2,1-3H3. The fourth-order valence-corrected chi connectivity index (χ4v) is 2.28. The molecule has 1 aromatic rings. The zero-order valence-electron chi connectivity index (χ0n) is 13.6. The first-order valence-electron chi connectivity index (χ1n) is 7.79. The molecule has 1 aromatic carbocycles. The Bertz CT molecular complexity index is 434. The summed E-state index contributed by atoms with van der Waals surface area (Å²) in [6.45, 7) is 8.31. The number of benzene rings is 1. The van der Waals surface area contributed by atoms with Gasteiger partial charge in [-0.05, 0) is 37.6 Å². The Morgan fingerprint density at radius 1 is 1.24 bits per heavy atom. The third kappa shape index (κ3) is 6.27. The number of nitrogens with two attached hydrogens (primary N) is 1. The molecule has 0 radical (unpaired) electrons. The molecule has 0 saturated carbocycles. The lowest BCUT2D eigenvalue weighted by Gasteiger charge is -2.23. The van der Waals surface area contributed by atoms with Crippen molar-refractivity contribution < 1.29 is 4.79 Å². The quantitative estimate of drug-likeness (QED) is 0.757. The normalized spacial score (nSPS) is 10.9. The lowest BCUT2D eigenvalue weighted by Crippen LogP contribution is -2.33. The van der Waals surface area contributed by atoms with Crippen molar-refractivity contribution in [2.45, 2.75) is 33.2 Å². The molecule has 0 aliphatic rings. The van der Waals surface area contributed by atoms with Gasteiger partial charge in [0.1, 0.15) is 0 Å². The van der Waals surface area contributed by atoms with Crippen molar-refractivity contribution in [3.8, 4) is 0 Å². The number of nitrogens with zero attached hydrogens (tertiary/aromatic N) is 2. The first kappa shape index (κ1) is 17.7. The maximum atomic E-state index is 12.0. The maximum Gasteiger partial charge on any atom is 0.223 e. The molecule has 0 bridgehead atoms. The highest BCUT2D eigenvalue weighted by molar-refractivity contribution is 5.76. The van der Waals surface area contributed by atoms with Gasteiger partial charge < -0.3 is 10.6 Å². The van der Waals surface area contributed by atoms with Crippen molar-refractivity contribution in [2.24, 2.45) is 5.73 Å². The molecule has 21 heavy (non-hydrogen) atoms. The van der Waals surface area contributed by atoms with Crippen LogP contribution in [0.25, 0.3) is 0 Å². The molecule has 4 nitrogen and oxygen atoms in total. The van der Waals surface area contributed by atoms with E-state index >= 15 is 0 Å². The van der Waals surface area contributed by atoms with Gasteiger partial charge in [-0.1, -0.05) is 31.2 Å². The lowest BCUT2D eigenvalue weighted by molar-refractivity contribution is -0.130. The molecule has 0 heterocycles. The summed E-state index contributed by atoms with van der Waals surface area (Å²) in [4.78, 5) is 16.1. The summed E-state index contributed by atoms with van der Waals surface area (Å²) >= 11 is 0. The van der Waals surface area contributed by atoms with Crippen LogP contribution in [0.2, 0.25) is 0 Å². The molecule has 1 rings (SSSR count). The Labute approximate surface area is 128 Å². The van der Waals surface area contributed by atoms with Crippen LogP contribution in [0.1, 0.15) is 30.9 Å². The second kappa shape index (κ2) is 9.53. The van der Waals surface area contributed by atoms with Crippen LogP contribution in [0, 0.1) is 6.92 Å². The highest BCUT2D eigenvalue weighted by Gasteiger charge is 2.11. The van der Waals surface area contributed by atoms with E-state index in [0.29, 0.717) is 13.0 Å². The zero-order valence-corrected chi connectivity index (χ0v) is 13.6. The number of hydrogen-bond acceptors (Lipinski definition) is 3. The average molecular weight is 291 g/mol. The SMILES string of the molecule is CCN(CCC(=O)N(C)CCCN)Cc1ccccc1C. The number of amides is 1. The third-order valence-corrected chi connectivity index (χ3v) is 3.87. The van der Waals surface area contributed by atoms with Crippen molar-refractivity contribution in [3.05, 3.63) is 35.4 Å². The predicted molar refractivity (Wildman–Crippen MR) is 88.1 cm³/mol. The van der Waals surface area contributed by atoms with Crippen molar-refractivity contribution in [3.63, 3.8) is 0 Å². The number of hydrogen-bond donors (Lipinski definition) is 1. The smallest absolute Gasteiger partial charge is 0.223 e. The number of aryl methyl sites for hydroxylation is 1. The summed E-state index contributed by atoms with van der Waals surface area (Å²) in [5.41, 5.74) is 8.12. The van der Waals surface area contributed by atoms with E-state index in [0.717, 1.165) is 32.6 Å². The number of carbonyl (C=O) groups excluding carboxylic acids is 1. The Morgan fingerprint density at radius 2 is 1.95 bits per heavy atom. The van der Waals surface area contributed by atoms with Gasteiger partial charge in [-0.2, -0.15) is 0 Å². The van der Waals surface area contributed by atoms with Crippen molar-refractivity contribution in [1.29, 1.82) is 0 Å². The number of rotatable bonds is 9. The minimum atomic E-state index is 0.201. The van der Waals surface area contributed by atoms with Crippen LogP contribution in [0.3, 0.4) is 0 Å². The van der Waals surface area contributed by atoms with Gasteiger partial charge in [0.05, 0.1) is 0 Å². The second-order valence-electron chi connectivity index (χ2n) is 5.50. The minimum absolute atomic E-state index is 0.201. The zero-order chi connectivity index (χ0) is 15.7. The van der Waals surface area contributed by atoms with Gasteiger partial charge in [0.2, 0.25) is 5.91 Å². The molecular weight excluding hydrogens is 262 g/mol. The maximum absolute atomic E-state index is 12.0. The largest absolute Gasteiger partial charge is 0.346 e.